The molecule has 0 bridgehead atoms. The van der Waals surface area contributed by atoms with E-state index in [4.69, 9.17) is 11.6 Å². The van der Waals surface area contributed by atoms with Crippen LogP contribution in [0.25, 0.3) is 16.8 Å². The van der Waals surface area contributed by atoms with Crippen molar-refractivity contribution in [2.24, 2.45) is 0 Å². The number of para-hydroxylation sites is 2. The first kappa shape index (κ1) is 13.8. The molecule has 0 atom stereocenters. The molecule has 0 saturated heterocycles. The van der Waals surface area contributed by atoms with Crippen molar-refractivity contribution in [1.29, 1.82) is 0 Å². The molecular formula is C16H12ClN5O. The van der Waals surface area contributed by atoms with Crippen molar-refractivity contribution < 1.29 is 0 Å². The Labute approximate surface area is 135 Å². The largest absolute Gasteiger partial charge is 0.360 e. The Bertz CT molecular complexity index is 1050. The summed E-state index contributed by atoms with van der Waals surface area (Å²) in [7, 11) is 0. The normalized spacial score (nSPS) is 11.2. The predicted molar refractivity (Wildman–Crippen MR) is 89.9 cm³/mol. The van der Waals surface area contributed by atoms with E-state index in [1.807, 2.05) is 48.5 Å². The SMILES string of the molecule is O=c1c(NCc2ccc(Cl)cc2)n[nH]c2nc3ccccc3n12. The van der Waals surface area contributed by atoms with Gasteiger partial charge < -0.3 is 5.32 Å². The van der Waals surface area contributed by atoms with E-state index in [-0.39, 0.29) is 11.4 Å². The van der Waals surface area contributed by atoms with Crippen molar-refractivity contribution in [3.63, 3.8) is 0 Å². The minimum absolute atomic E-state index is 0.235. The Hall–Kier alpha value is -2.86. The minimum Gasteiger partial charge on any atom is -0.360 e. The average molecular weight is 326 g/mol. The molecule has 0 aliphatic rings. The highest BCUT2D eigenvalue weighted by molar-refractivity contribution is 6.30. The summed E-state index contributed by atoms with van der Waals surface area (Å²) in [5.74, 6) is 0.670. The van der Waals surface area contributed by atoms with Crippen LogP contribution < -0.4 is 10.9 Å². The van der Waals surface area contributed by atoms with Crippen LogP contribution in [-0.2, 0) is 6.54 Å². The summed E-state index contributed by atoms with van der Waals surface area (Å²) >= 11 is 5.86. The monoisotopic (exact) mass is 325 g/mol. The number of anilines is 1. The molecule has 0 aliphatic heterocycles. The van der Waals surface area contributed by atoms with Crippen LogP contribution in [-0.4, -0.2) is 19.6 Å². The van der Waals surface area contributed by atoms with Crippen molar-refractivity contribution in [2.75, 3.05) is 5.32 Å². The van der Waals surface area contributed by atoms with E-state index in [0.29, 0.717) is 17.3 Å². The van der Waals surface area contributed by atoms with Gasteiger partial charge >= 0.3 is 5.56 Å². The number of halogens is 1. The molecule has 0 aliphatic carbocycles. The van der Waals surface area contributed by atoms with Gasteiger partial charge in [-0.1, -0.05) is 35.9 Å². The minimum atomic E-state index is -0.235. The van der Waals surface area contributed by atoms with Gasteiger partial charge in [0.15, 0.2) is 0 Å². The Morgan fingerprint density at radius 2 is 1.91 bits per heavy atom. The first-order valence-electron chi connectivity index (χ1n) is 7.06. The fourth-order valence-electron chi connectivity index (χ4n) is 2.47. The van der Waals surface area contributed by atoms with Gasteiger partial charge in [-0.2, -0.15) is 0 Å². The number of nitrogens with one attached hydrogen (secondary N) is 2. The van der Waals surface area contributed by atoms with Crippen molar-refractivity contribution in [3.05, 3.63) is 69.5 Å². The molecule has 0 saturated carbocycles. The number of hydrogen-bond acceptors (Lipinski definition) is 4. The van der Waals surface area contributed by atoms with E-state index in [0.717, 1.165) is 16.6 Å². The molecule has 0 fully saturated rings. The van der Waals surface area contributed by atoms with Crippen LogP contribution in [0.4, 0.5) is 5.82 Å². The van der Waals surface area contributed by atoms with Gasteiger partial charge in [0.25, 0.3) is 0 Å². The van der Waals surface area contributed by atoms with Gasteiger partial charge in [-0.25, -0.2) is 14.5 Å². The lowest BCUT2D eigenvalue weighted by Crippen LogP contribution is -2.21. The third-order valence-electron chi connectivity index (χ3n) is 3.61. The number of benzene rings is 2. The smallest absolute Gasteiger partial charge is 0.302 e. The molecule has 0 unspecified atom stereocenters. The van der Waals surface area contributed by atoms with Crippen LogP contribution in [0.1, 0.15) is 5.56 Å². The van der Waals surface area contributed by atoms with Crippen LogP contribution in [0.2, 0.25) is 5.02 Å². The molecule has 4 rings (SSSR count). The zero-order chi connectivity index (χ0) is 15.8. The van der Waals surface area contributed by atoms with Crippen LogP contribution in [0.5, 0.6) is 0 Å². The summed E-state index contributed by atoms with van der Waals surface area (Å²) in [4.78, 5) is 17.0. The van der Waals surface area contributed by atoms with E-state index in [1.165, 1.54) is 4.40 Å². The maximum Gasteiger partial charge on any atom is 0.302 e. The number of H-pyrrole nitrogens is 1. The lowest BCUT2D eigenvalue weighted by molar-refractivity contribution is 0.931. The first-order chi connectivity index (χ1) is 11.2. The highest BCUT2D eigenvalue weighted by atomic mass is 35.5. The average Bonchev–Trinajstić information content (AvgIpc) is 2.95. The first-order valence-corrected chi connectivity index (χ1v) is 7.44. The number of rotatable bonds is 3. The number of hydrogen-bond donors (Lipinski definition) is 2. The zero-order valence-electron chi connectivity index (χ0n) is 12.0. The van der Waals surface area contributed by atoms with Crippen molar-refractivity contribution in [2.45, 2.75) is 6.54 Å². The summed E-state index contributed by atoms with van der Waals surface area (Å²) in [5, 5.41) is 10.6. The zero-order valence-corrected chi connectivity index (χ0v) is 12.7. The van der Waals surface area contributed by atoms with Gasteiger partial charge in [0.1, 0.15) is 0 Å². The number of aromatic amines is 1. The van der Waals surface area contributed by atoms with E-state index in [1.54, 1.807) is 0 Å². The second-order valence-corrected chi connectivity index (χ2v) is 5.55. The van der Waals surface area contributed by atoms with Gasteiger partial charge in [-0.05, 0) is 29.8 Å². The van der Waals surface area contributed by atoms with Crippen molar-refractivity contribution in [1.82, 2.24) is 19.6 Å². The second-order valence-electron chi connectivity index (χ2n) is 5.12. The number of aromatic nitrogens is 4. The molecule has 0 amide bonds. The maximum absolute atomic E-state index is 12.6. The Morgan fingerprint density at radius 3 is 2.74 bits per heavy atom. The molecule has 2 aromatic carbocycles. The number of nitrogens with zero attached hydrogens (tertiary/aromatic N) is 3. The molecule has 2 N–H and O–H groups in total. The molecule has 2 heterocycles. The molecule has 2 aromatic heterocycles. The summed E-state index contributed by atoms with van der Waals surface area (Å²) in [6.07, 6.45) is 0. The van der Waals surface area contributed by atoms with Gasteiger partial charge in [0.05, 0.1) is 11.0 Å². The standard InChI is InChI=1S/C16H12ClN5O/c17-11-7-5-10(6-8-11)9-18-14-15(23)22-13-4-2-1-3-12(13)19-16(22)21-20-14/h1-8H,9H2,(H,18,20)(H,19,21). The van der Waals surface area contributed by atoms with Crippen molar-refractivity contribution >= 4 is 34.2 Å². The quantitative estimate of drug-likeness (QED) is 0.607. The third-order valence-corrected chi connectivity index (χ3v) is 3.86. The van der Waals surface area contributed by atoms with Gasteiger partial charge in [0.2, 0.25) is 11.6 Å². The van der Waals surface area contributed by atoms with Crippen LogP contribution in [0.15, 0.2) is 53.3 Å². The Kier molecular flexibility index (Phi) is 3.24. The summed E-state index contributed by atoms with van der Waals surface area (Å²) < 4.78 is 1.52. The topological polar surface area (TPSA) is 75.1 Å². The van der Waals surface area contributed by atoms with Crippen molar-refractivity contribution in [3.8, 4) is 0 Å². The van der Waals surface area contributed by atoms with Crippen LogP contribution >= 0.6 is 11.6 Å². The molecular weight excluding hydrogens is 314 g/mol. The maximum atomic E-state index is 12.6. The second kappa shape index (κ2) is 5.40. The summed E-state index contributed by atoms with van der Waals surface area (Å²) in [6, 6.07) is 14.9. The van der Waals surface area contributed by atoms with E-state index < -0.39 is 0 Å². The van der Waals surface area contributed by atoms with Gasteiger partial charge in [0, 0.05) is 11.6 Å². The Morgan fingerprint density at radius 1 is 1.13 bits per heavy atom. The fraction of sp³-hybridized carbons (Fsp3) is 0.0625. The lowest BCUT2D eigenvalue weighted by atomic mass is 10.2. The van der Waals surface area contributed by atoms with E-state index in [2.05, 4.69) is 20.5 Å². The van der Waals surface area contributed by atoms with Crippen LogP contribution in [0, 0.1) is 0 Å². The summed E-state index contributed by atoms with van der Waals surface area (Å²) in [6.45, 7) is 0.478. The molecule has 0 radical (unpaired) electrons. The summed E-state index contributed by atoms with van der Waals surface area (Å²) in [5.41, 5.74) is 2.27. The molecule has 7 heteroatoms. The molecule has 6 nitrogen and oxygen atoms in total. The fourth-order valence-corrected chi connectivity index (χ4v) is 2.60. The highest BCUT2D eigenvalue weighted by Crippen LogP contribution is 2.13. The van der Waals surface area contributed by atoms with E-state index >= 15 is 0 Å². The Balaban J connectivity index is 1.73. The third kappa shape index (κ3) is 2.43. The molecule has 114 valence electrons. The van der Waals surface area contributed by atoms with Gasteiger partial charge in [-0.3, -0.25) is 4.79 Å². The molecule has 0 spiro atoms. The number of fused-ring (bicyclic) bond motifs is 3. The highest BCUT2D eigenvalue weighted by Gasteiger charge is 2.11. The van der Waals surface area contributed by atoms with Crippen LogP contribution in [0.3, 0.4) is 0 Å². The van der Waals surface area contributed by atoms with Gasteiger partial charge in [-0.15, -0.1) is 5.10 Å². The lowest BCUT2D eigenvalue weighted by Gasteiger charge is -2.05. The van der Waals surface area contributed by atoms with E-state index in [9.17, 15) is 4.79 Å². The molecule has 23 heavy (non-hydrogen) atoms. The molecule has 4 aromatic rings. The predicted octanol–water partition coefficient (Wildman–Crippen LogP) is 2.84. The number of imidazole rings is 1.